The molecule has 0 bridgehead atoms. The van der Waals surface area contributed by atoms with Crippen molar-refractivity contribution in [1.29, 1.82) is 0 Å². The average molecular weight is 273 g/mol. The maximum Gasteiger partial charge on any atom is 0.165 e. The number of ketones is 1. The Hall–Kier alpha value is -0.570. The van der Waals surface area contributed by atoms with Gasteiger partial charge in [0.1, 0.15) is 6.10 Å². The minimum atomic E-state index is -0.265. The van der Waals surface area contributed by atoms with E-state index in [2.05, 4.69) is 0 Å². The van der Waals surface area contributed by atoms with Crippen LogP contribution < -0.4 is 0 Å². The third-order valence-electron chi connectivity index (χ3n) is 2.94. The fourth-order valence-corrected chi connectivity index (χ4v) is 2.37. The standard InChI is InChI=1S/C13H14Cl2O2/c14-10-5-3-4-9(13(10)15)8-11(16)12-6-1-2-7-17-12/h3-5,12H,1-2,6-8H2. The summed E-state index contributed by atoms with van der Waals surface area (Å²) >= 11 is 12.0. The molecule has 0 spiro atoms. The number of benzene rings is 1. The average Bonchev–Trinajstić information content (AvgIpc) is 2.36. The maximum absolute atomic E-state index is 12.0. The highest BCUT2D eigenvalue weighted by Gasteiger charge is 2.22. The molecule has 1 unspecified atom stereocenters. The van der Waals surface area contributed by atoms with E-state index in [1.807, 2.05) is 6.07 Å². The molecule has 2 nitrogen and oxygen atoms in total. The van der Waals surface area contributed by atoms with Crippen LogP contribution in [0.25, 0.3) is 0 Å². The molecule has 1 aromatic carbocycles. The summed E-state index contributed by atoms with van der Waals surface area (Å²) < 4.78 is 5.46. The Bertz CT molecular complexity index is 412. The predicted octanol–water partition coefficient (Wildman–Crippen LogP) is 3.67. The van der Waals surface area contributed by atoms with Crippen molar-refractivity contribution in [2.75, 3.05) is 6.61 Å². The molecule has 0 radical (unpaired) electrons. The first kappa shape index (κ1) is 12.9. The number of hydrogen-bond donors (Lipinski definition) is 0. The van der Waals surface area contributed by atoms with Gasteiger partial charge in [0, 0.05) is 13.0 Å². The van der Waals surface area contributed by atoms with Crippen molar-refractivity contribution >= 4 is 29.0 Å². The van der Waals surface area contributed by atoms with Gasteiger partial charge in [-0.05, 0) is 30.9 Å². The van der Waals surface area contributed by atoms with E-state index in [-0.39, 0.29) is 11.9 Å². The van der Waals surface area contributed by atoms with E-state index in [1.54, 1.807) is 12.1 Å². The Morgan fingerprint density at radius 2 is 2.18 bits per heavy atom. The zero-order chi connectivity index (χ0) is 12.3. The number of ether oxygens (including phenoxy) is 1. The molecule has 0 N–H and O–H groups in total. The van der Waals surface area contributed by atoms with Crippen molar-refractivity contribution in [3.05, 3.63) is 33.8 Å². The van der Waals surface area contributed by atoms with Crippen LogP contribution in [-0.2, 0) is 16.0 Å². The van der Waals surface area contributed by atoms with Gasteiger partial charge < -0.3 is 4.74 Å². The zero-order valence-electron chi connectivity index (χ0n) is 9.42. The van der Waals surface area contributed by atoms with Gasteiger partial charge in [-0.3, -0.25) is 4.79 Å². The van der Waals surface area contributed by atoms with Crippen molar-refractivity contribution in [1.82, 2.24) is 0 Å². The molecule has 1 aliphatic heterocycles. The van der Waals surface area contributed by atoms with Crippen LogP contribution >= 0.6 is 23.2 Å². The number of halogens is 2. The maximum atomic E-state index is 12.0. The molecule has 1 aromatic rings. The van der Waals surface area contributed by atoms with Gasteiger partial charge in [-0.25, -0.2) is 0 Å². The SMILES string of the molecule is O=C(Cc1cccc(Cl)c1Cl)C1CCCCO1. The monoisotopic (exact) mass is 272 g/mol. The number of hydrogen-bond acceptors (Lipinski definition) is 2. The first-order valence-electron chi connectivity index (χ1n) is 5.75. The lowest BCUT2D eigenvalue weighted by atomic mass is 10.00. The van der Waals surface area contributed by atoms with E-state index >= 15 is 0 Å². The normalized spacial score (nSPS) is 20.2. The second kappa shape index (κ2) is 5.85. The van der Waals surface area contributed by atoms with Crippen LogP contribution in [0.1, 0.15) is 24.8 Å². The molecule has 0 saturated carbocycles. The molecule has 4 heteroatoms. The lowest BCUT2D eigenvalue weighted by Gasteiger charge is -2.21. The topological polar surface area (TPSA) is 26.3 Å². The summed E-state index contributed by atoms with van der Waals surface area (Å²) in [5.41, 5.74) is 0.776. The minimum absolute atomic E-state index is 0.0915. The Labute approximate surface area is 111 Å². The van der Waals surface area contributed by atoms with Gasteiger partial charge >= 0.3 is 0 Å². The molecule has 0 aromatic heterocycles. The highest BCUT2D eigenvalue weighted by Crippen LogP contribution is 2.26. The fourth-order valence-electron chi connectivity index (χ4n) is 1.98. The lowest BCUT2D eigenvalue weighted by molar-refractivity contribution is -0.132. The summed E-state index contributed by atoms with van der Waals surface area (Å²) in [6, 6.07) is 5.35. The summed E-state index contributed by atoms with van der Waals surface area (Å²) in [6.45, 7) is 0.680. The van der Waals surface area contributed by atoms with Crippen LogP contribution in [-0.4, -0.2) is 18.5 Å². The molecule has 0 aliphatic carbocycles. The first-order valence-corrected chi connectivity index (χ1v) is 6.51. The van der Waals surface area contributed by atoms with Crippen LogP contribution in [0, 0.1) is 0 Å². The van der Waals surface area contributed by atoms with Gasteiger partial charge in [0.15, 0.2) is 5.78 Å². The molecule has 0 amide bonds. The molecule has 2 rings (SSSR count). The quantitative estimate of drug-likeness (QED) is 0.839. The Morgan fingerprint density at radius 1 is 1.35 bits per heavy atom. The number of carbonyl (C=O) groups is 1. The van der Waals surface area contributed by atoms with E-state index < -0.39 is 0 Å². The molecule has 1 fully saturated rings. The summed E-state index contributed by atoms with van der Waals surface area (Å²) in [5, 5.41) is 0.958. The molecule has 1 saturated heterocycles. The van der Waals surface area contributed by atoms with E-state index in [0.717, 1.165) is 24.8 Å². The first-order chi connectivity index (χ1) is 8.18. The molecular formula is C13H14Cl2O2. The van der Waals surface area contributed by atoms with E-state index in [9.17, 15) is 4.79 Å². The number of Topliss-reactive ketones (excluding diaryl/α,β-unsaturated/α-hetero) is 1. The molecule has 92 valence electrons. The second-order valence-corrected chi connectivity index (χ2v) is 5.00. The van der Waals surface area contributed by atoms with Crippen LogP contribution in [0.5, 0.6) is 0 Å². The van der Waals surface area contributed by atoms with Gasteiger partial charge in [0.25, 0.3) is 0 Å². The molecular weight excluding hydrogens is 259 g/mol. The molecule has 17 heavy (non-hydrogen) atoms. The Balaban J connectivity index is 2.04. The second-order valence-electron chi connectivity index (χ2n) is 4.21. The summed E-state index contributed by atoms with van der Waals surface area (Å²) in [6.07, 6.45) is 2.95. The van der Waals surface area contributed by atoms with E-state index in [0.29, 0.717) is 23.1 Å². The van der Waals surface area contributed by atoms with Crippen molar-refractivity contribution in [2.45, 2.75) is 31.8 Å². The van der Waals surface area contributed by atoms with Crippen molar-refractivity contribution < 1.29 is 9.53 Å². The Morgan fingerprint density at radius 3 is 2.88 bits per heavy atom. The minimum Gasteiger partial charge on any atom is -0.370 e. The van der Waals surface area contributed by atoms with Crippen LogP contribution in [0.2, 0.25) is 10.0 Å². The van der Waals surface area contributed by atoms with Gasteiger partial charge in [-0.15, -0.1) is 0 Å². The summed E-state index contributed by atoms with van der Waals surface area (Å²) in [7, 11) is 0. The highest BCUT2D eigenvalue weighted by atomic mass is 35.5. The number of rotatable bonds is 3. The van der Waals surface area contributed by atoms with Crippen LogP contribution in [0.15, 0.2) is 18.2 Å². The fraction of sp³-hybridized carbons (Fsp3) is 0.462. The third kappa shape index (κ3) is 3.21. The third-order valence-corrected chi connectivity index (χ3v) is 3.79. The molecule has 1 atom stereocenters. The van der Waals surface area contributed by atoms with Gasteiger partial charge in [-0.1, -0.05) is 35.3 Å². The van der Waals surface area contributed by atoms with Gasteiger partial charge in [0.05, 0.1) is 10.0 Å². The van der Waals surface area contributed by atoms with Crippen molar-refractivity contribution in [3.63, 3.8) is 0 Å². The van der Waals surface area contributed by atoms with Crippen molar-refractivity contribution in [3.8, 4) is 0 Å². The molecule has 1 aliphatic rings. The number of carbonyl (C=O) groups excluding carboxylic acids is 1. The summed E-state index contributed by atoms with van der Waals surface area (Å²) in [5.74, 6) is 0.0915. The summed E-state index contributed by atoms with van der Waals surface area (Å²) in [4.78, 5) is 12.0. The van der Waals surface area contributed by atoms with Crippen LogP contribution in [0.3, 0.4) is 0 Å². The lowest BCUT2D eigenvalue weighted by Crippen LogP contribution is -2.29. The largest absolute Gasteiger partial charge is 0.370 e. The van der Waals surface area contributed by atoms with Crippen molar-refractivity contribution in [2.24, 2.45) is 0 Å². The van der Waals surface area contributed by atoms with E-state index in [4.69, 9.17) is 27.9 Å². The zero-order valence-corrected chi connectivity index (χ0v) is 10.9. The smallest absolute Gasteiger partial charge is 0.165 e. The predicted molar refractivity (Wildman–Crippen MR) is 68.8 cm³/mol. The highest BCUT2D eigenvalue weighted by molar-refractivity contribution is 6.42. The Kier molecular flexibility index (Phi) is 4.43. The van der Waals surface area contributed by atoms with E-state index in [1.165, 1.54) is 0 Å². The molecule has 1 heterocycles. The van der Waals surface area contributed by atoms with Crippen LogP contribution in [0.4, 0.5) is 0 Å². The van der Waals surface area contributed by atoms with Gasteiger partial charge in [0.2, 0.25) is 0 Å². The van der Waals surface area contributed by atoms with Gasteiger partial charge in [-0.2, -0.15) is 0 Å².